The van der Waals surface area contributed by atoms with Crippen molar-refractivity contribution in [2.24, 2.45) is 0 Å². The number of rotatable bonds is 1. The van der Waals surface area contributed by atoms with Gasteiger partial charge >= 0.3 is 0 Å². The van der Waals surface area contributed by atoms with E-state index in [4.69, 9.17) is 0 Å². The molecule has 0 atom stereocenters. The summed E-state index contributed by atoms with van der Waals surface area (Å²) < 4.78 is 0. The Kier molecular flexibility index (Phi) is 2.19. The number of aldehydes is 1. The monoisotopic (exact) mass is 186 g/mol. The molecule has 5 heteroatoms. The van der Waals surface area contributed by atoms with E-state index in [1.54, 1.807) is 0 Å². The molecule has 68 valence electrons. The maximum absolute atomic E-state index is 10.1. The predicted octanol–water partition coefficient (Wildman–Crippen LogP) is 0.293. The summed E-state index contributed by atoms with van der Waals surface area (Å²) in [6, 6.07) is 0. The minimum absolute atomic E-state index is 0.208. The van der Waals surface area contributed by atoms with Crippen LogP contribution in [0.2, 0.25) is 0 Å². The van der Waals surface area contributed by atoms with E-state index in [9.17, 15) is 4.79 Å². The minimum Gasteiger partial charge on any atom is -0.341 e. The highest BCUT2D eigenvalue weighted by atomic mass is 16.1. The van der Waals surface area contributed by atoms with Gasteiger partial charge in [-0.15, -0.1) is 0 Å². The number of nitrogens with zero attached hydrogens (tertiary/aromatic N) is 3. The molecule has 0 aliphatic rings. The number of hydrogen-bond acceptors (Lipinski definition) is 4. The van der Waals surface area contributed by atoms with Crippen molar-refractivity contribution in [1.29, 1.82) is 0 Å². The van der Waals surface area contributed by atoms with Crippen molar-refractivity contribution in [1.82, 2.24) is 19.9 Å². The number of carbonyl (C=O) groups excluding carboxylic acids is 1. The number of carbonyl (C=O) groups is 1. The molecule has 0 aromatic carbocycles. The van der Waals surface area contributed by atoms with Crippen LogP contribution in [0.25, 0.3) is 11.2 Å². The lowest BCUT2D eigenvalue weighted by Crippen LogP contribution is -1.87. The van der Waals surface area contributed by atoms with Gasteiger partial charge in [0.1, 0.15) is 23.8 Å². The quantitative estimate of drug-likeness (QED) is 0.513. The number of aromatic amines is 1. The summed E-state index contributed by atoms with van der Waals surface area (Å²) in [5.74, 6) is 5.45. The average molecular weight is 186 g/mol. The molecule has 0 spiro atoms. The maximum atomic E-state index is 10.1. The van der Waals surface area contributed by atoms with E-state index in [1.807, 2.05) is 0 Å². The molecule has 0 bridgehead atoms. The predicted molar refractivity (Wildman–Crippen MR) is 49.2 cm³/mol. The van der Waals surface area contributed by atoms with Crippen molar-refractivity contribution in [3.05, 3.63) is 18.3 Å². The second kappa shape index (κ2) is 3.66. The number of H-pyrrole nitrogens is 1. The molecular formula is C9H6N4O. The first kappa shape index (κ1) is 8.38. The van der Waals surface area contributed by atoms with Crippen LogP contribution in [0.4, 0.5) is 0 Å². The minimum atomic E-state index is 0.208. The Morgan fingerprint density at radius 2 is 2.36 bits per heavy atom. The van der Waals surface area contributed by atoms with Crippen LogP contribution in [0.5, 0.6) is 0 Å². The molecule has 0 aliphatic heterocycles. The Labute approximate surface area is 79.6 Å². The number of hydrogen-bond donors (Lipinski definition) is 1. The third-order valence-corrected chi connectivity index (χ3v) is 1.62. The van der Waals surface area contributed by atoms with E-state index in [0.29, 0.717) is 16.9 Å². The van der Waals surface area contributed by atoms with Crippen LogP contribution < -0.4 is 0 Å². The highest BCUT2D eigenvalue weighted by Crippen LogP contribution is 2.07. The van der Waals surface area contributed by atoms with E-state index in [0.717, 1.165) is 6.29 Å². The molecule has 0 radical (unpaired) electrons. The van der Waals surface area contributed by atoms with Gasteiger partial charge in [0.25, 0.3) is 0 Å². The first-order valence-corrected chi connectivity index (χ1v) is 3.98. The van der Waals surface area contributed by atoms with Crippen LogP contribution in [-0.4, -0.2) is 26.2 Å². The lowest BCUT2D eigenvalue weighted by molar-refractivity contribution is -0.107. The Balaban J connectivity index is 2.47. The Hall–Kier alpha value is -2.22. The van der Waals surface area contributed by atoms with Gasteiger partial charge in [-0.3, -0.25) is 0 Å². The summed E-state index contributed by atoms with van der Waals surface area (Å²) in [6.07, 6.45) is 3.89. The smallest absolute Gasteiger partial charge is 0.181 e. The van der Waals surface area contributed by atoms with Crippen LogP contribution in [-0.2, 0) is 4.79 Å². The fourth-order valence-corrected chi connectivity index (χ4v) is 1.04. The Morgan fingerprint density at radius 1 is 1.43 bits per heavy atom. The summed E-state index contributed by atoms with van der Waals surface area (Å²) >= 11 is 0. The van der Waals surface area contributed by atoms with Crippen LogP contribution >= 0.6 is 0 Å². The van der Waals surface area contributed by atoms with Gasteiger partial charge < -0.3 is 9.78 Å². The van der Waals surface area contributed by atoms with Crippen molar-refractivity contribution < 1.29 is 4.79 Å². The third-order valence-electron chi connectivity index (χ3n) is 1.62. The lowest BCUT2D eigenvalue weighted by atomic mass is 10.3. The molecule has 0 aliphatic carbocycles. The maximum Gasteiger partial charge on any atom is 0.181 e. The molecule has 0 amide bonds. The van der Waals surface area contributed by atoms with Gasteiger partial charge in [0.2, 0.25) is 0 Å². The zero-order valence-electron chi connectivity index (χ0n) is 7.19. The summed E-state index contributed by atoms with van der Waals surface area (Å²) in [5.41, 5.74) is 1.84. The molecule has 0 saturated heterocycles. The topological polar surface area (TPSA) is 71.5 Å². The van der Waals surface area contributed by atoms with Gasteiger partial charge in [-0.2, -0.15) is 0 Å². The highest BCUT2D eigenvalue weighted by Gasteiger charge is 2.01. The fraction of sp³-hybridized carbons (Fsp3) is 0.111. The van der Waals surface area contributed by atoms with Crippen LogP contribution in [0.15, 0.2) is 12.7 Å². The van der Waals surface area contributed by atoms with Crippen LogP contribution in [0, 0.1) is 11.8 Å². The Bertz CT molecular complexity index is 520. The molecule has 5 nitrogen and oxygen atoms in total. The molecule has 0 unspecified atom stereocenters. The van der Waals surface area contributed by atoms with Crippen LogP contribution in [0.1, 0.15) is 12.1 Å². The standard InChI is InChI=1S/C9H6N4O/c14-4-2-1-3-7-8-9(12-5-10-7)13-6-11-8/h4-6H,2H2,(H,10,11,12,13). The zero-order chi connectivity index (χ0) is 9.80. The third kappa shape index (κ3) is 1.45. The SMILES string of the molecule is O=CCC#Cc1ncnc2nc[nH]c12. The second-order valence-electron chi connectivity index (χ2n) is 2.50. The fourth-order valence-electron chi connectivity index (χ4n) is 1.04. The van der Waals surface area contributed by atoms with E-state index >= 15 is 0 Å². The summed E-state index contributed by atoms with van der Waals surface area (Å²) in [5, 5.41) is 0. The summed E-state index contributed by atoms with van der Waals surface area (Å²) in [6.45, 7) is 0. The first-order valence-electron chi connectivity index (χ1n) is 3.98. The molecule has 2 heterocycles. The van der Waals surface area contributed by atoms with Crippen LogP contribution in [0.3, 0.4) is 0 Å². The van der Waals surface area contributed by atoms with E-state index in [-0.39, 0.29) is 6.42 Å². The molecular weight excluding hydrogens is 180 g/mol. The molecule has 0 fully saturated rings. The molecule has 2 aromatic rings. The van der Waals surface area contributed by atoms with Crippen molar-refractivity contribution in [2.75, 3.05) is 0 Å². The molecule has 2 rings (SSSR count). The van der Waals surface area contributed by atoms with Gasteiger partial charge in [-0.05, 0) is 5.92 Å². The van der Waals surface area contributed by atoms with E-state index in [2.05, 4.69) is 31.8 Å². The van der Waals surface area contributed by atoms with Crippen molar-refractivity contribution in [2.45, 2.75) is 6.42 Å². The van der Waals surface area contributed by atoms with Gasteiger partial charge in [-0.25, -0.2) is 15.0 Å². The molecule has 2 aromatic heterocycles. The largest absolute Gasteiger partial charge is 0.341 e. The summed E-state index contributed by atoms with van der Waals surface area (Å²) in [7, 11) is 0. The van der Waals surface area contributed by atoms with E-state index in [1.165, 1.54) is 12.7 Å². The van der Waals surface area contributed by atoms with E-state index < -0.39 is 0 Å². The molecule has 1 N–H and O–H groups in total. The van der Waals surface area contributed by atoms with Gasteiger partial charge in [0.15, 0.2) is 5.65 Å². The summed E-state index contributed by atoms with van der Waals surface area (Å²) in [4.78, 5) is 24.8. The zero-order valence-corrected chi connectivity index (χ0v) is 7.19. The second-order valence-corrected chi connectivity index (χ2v) is 2.50. The van der Waals surface area contributed by atoms with Crippen molar-refractivity contribution >= 4 is 17.5 Å². The normalized spacial score (nSPS) is 9.43. The number of nitrogens with one attached hydrogen (secondary N) is 1. The van der Waals surface area contributed by atoms with Crippen molar-refractivity contribution in [3.63, 3.8) is 0 Å². The molecule has 0 saturated carbocycles. The number of aromatic nitrogens is 4. The highest BCUT2D eigenvalue weighted by molar-refractivity contribution is 5.75. The number of imidazole rings is 1. The average Bonchev–Trinajstić information content (AvgIpc) is 2.67. The van der Waals surface area contributed by atoms with Gasteiger partial charge in [-0.1, -0.05) is 5.92 Å². The Morgan fingerprint density at radius 3 is 3.21 bits per heavy atom. The molecule has 14 heavy (non-hydrogen) atoms. The lowest BCUT2D eigenvalue weighted by Gasteiger charge is -1.89. The van der Waals surface area contributed by atoms with Crippen molar-refractivity contribution in [3.8, 4) is 11.8 Å². The van der Waals surface area contributed by atoms with Gasteiger partial charge in [0.05, 0.1) is 12.7 Å². The first-order chi connectivity index (χ1) is 6.92. The van der Waals surface area contributed by atoms with Gasteiger partial charge in [0, 0.05) is 0 Å². The number of fused-ring (bicyclic) bond motifs is 1.